The summed E-state index contributed by atoms with van der Waals surface area (Å²) >= 11 is 0. The van der Waals surface area contributed by atoms with Gasteiger partial charge in [0, 0.05) is 0 Å². The van der Waals surface area contributed by atoms with Gasteiger partial charge in [0.05, 0.1) is 37.2 Å². The molecule has 0 saturated heterocycles. The Bertz CT molecular complexity index is 1440. The first-order valence-corrected chi connectivity index (χ1v) is 14.5. The Morgan fingerprint density at radius 3 is 2.51 bits per heavy atom. The summed E-state index contributed by atoms with van der Waals surface area (Å²) in [5.41, 5.74) is 4.85. The number of benzene rings is 1. The van der Waals surface area contributed by atoms with E-state index in [1.807, 2.05) is 6.07 Å². The summed E-state index contributed by atoms with van der Waals surface area (Å²) < 4.78 is 69.5. The molecule has 12 nitrogen and oxygen atoms in total. The number of hydrogen-bond donors (Lipinski definition) is 3. The molecule has 3 aromatic rings. The maximum absolute atomic E-state index is 14.3. The Balaban J connectivity index is 1.88. The molecule has 0 fully saturated rings. The Labute approximate surface area is 234 Å². The predicted octanol–water partition coefficient (Wildman–Crippen LogP) is 4.05. The fraction of sp³-hybridized carbons (Fsp3) is 0.480. The van der Waals surface area contributed by atoms with Crippen LogP contribution in [0.1, 0.15) is 51.3 Å². The number of nitrogen functional groups attached to an aromatic ring is 1. The molecule has 3 atom stereocenters. The van der Waals surface area contributed by atoms with Crippen LogP contribution in [-0.4, -0.2) is 56.3 Å². The number of alkyl halides is 3. The van der Waals surface area contributed by atoms with Gasteiger partial charge in [0.1, 0.15) is 29.8 Å². The van der Waals surface area contributed by atoms with E-state index in [0.717, 1.165) is 12.1 Å². The number of hydrogen-bond acceptors (Lipinski definition) is 9. The van der Waals surface area contributed by atoms with E-state index < -0.39 is 43.6 Å². The molecule has 0 amide bonds. The lowest BCUT2D eigenvalue weighted by Crippen LogP contribution is -2.50. The van der Waals surface area contributed by atoms with E-state index in [-0.39, 0.29) is 30.1 Å². The van der Waals surface area contributed by atoms with Crippen LogP contribution in [0.2, 0.25) is 0 Å². The van der Waals surface area contributed by atoms with Crippen molar-refractivity contribution in [3.8, 4) is 6.07 Å². The van der Waals surface area contributed by atoms with Gasteiger partial charge in [0.25, 0.3) is 0 Å². The van der Waals surface area contributed by atoms with Gasteiger partial charge in [-0.3, -0.25) is 9.36 Å². The van der Waals surface area contributed by atoms with Crippen molar-refractivity contribution in [2.24, 2.45) is 0 Å². The average Bonchev–Trinajstić information content (AvgIpc) is 3.32. The summed E-state index contributed by atoms with van der Waals surface area (Å²) in [5, 5.41) is 13.8. The number of nitriles is 1. The number of carbonyl (C=O) groups is 1. The van der Waals surface area contributed by atoms with Crippen molar-refractivity contribution in [1.82, 2.24) is 29.7 Å². The molecule has 0 aliphatic carbocycles. The van der Waals surface area contributed by atoms with E-state index in [9.17, 15) is 22.5 Å². The first-order chi connectivity index (χ1) is 19.2. The summed E-state index contributed by atoms with van der Waals surface area (Å²) in [6, 6.07) is 4.13. The number of halogens is 3. The van der Waals surface area contributed by atoms with Crippen molar-refractivity contribution in [1.29, 1.82) is 5.26 Å². The zero-order valence-corrected chi connectivity index (χ0v) is 23.9. The Kier molecular flexibility index (Phi) is 10.1. The molecule has 1 unspecified atom stereocenters. The van der Waals surface area contributed by atoms with Gasteiger partial charge in [0.2, 0.25) is 7.44 Å². The topological polar surface area (TPSA) is 170 Å². The van der Waals surface area contributed by atoms with Gasteiger partial charge in [-0.25, -0.2) is 25.1 Å². The summed E-state index contributed by atoms with van der Waals surface area (Å²) in [5.74, 6) is -0.614. The number of imidazole rings is 1. The normalized spacial score (nSPS) is 15.2. The first kappa shape index (κ1) is 32.0. The molecule has 0 radical (unpaired) electrons. The lowest BCUT2D eigenvalue weighted by molar-refractivity contribution is -0.153. The van der Waals surface area contributed by atoms with E-state index in [2.05, 4.69) is 25.1 Å². The number of carbonyl (C=O) groups excluding carboxylic acids is 1. The molecule has 16 heteroatoms. The zero-order chi connectivity index (χ0) is 30.4. The predicted molar refractivity (Wildman–Crippen MR) is 144 cm³/mol. The maximum atomic E-state index is 14.3. The smallest absolute Gasteiger partial charge is 0.408 e. The minimum atomic E-state index is -4.89. The minimum Gasteiger partial charge on any atom is -0.464 e. The third-order valence-electron chi connectivity index (χ3n) is 5.87. The van der Waals surface area contributed by atoms with Crippen LogP contribution in [-0.2, 0) is 25.4 Å². The fourth-order valence-corrected chi connectivity index (χ4v) is 6.24. The summed E-state index contributed by atoms with van der Waals surface area (Å²) in [6.45, 7) is 6.35. The van der Waals surface area contributed by atoms with Crippen molar-refractivity contribution < 1.29 is 32.0 Å². The molecule has 0 aliphatic rings. The first-order valence-electron chi connectivity index (χ1n) is 12.6. The van der Waals surface area contributed by atoms with Crippen LogP contribution in [0.3, 0.4) is 0 Å². The zero-order valence-electron chi connectivity index (χ0n) is 23.0. The molecular formula is C25H32F3N8O4P. The third-order valence-corrected chi connectivity index (χ3v) is 7.98. The van der Waals surface area contributed by atoms with Gasteiger partial charge in [-0.05, 0) is 44.9 Å². The van der Waals surface area contributed by atoms with Crippen LogP contribution in [0.15, 0.2) is 36.9 Å². The summed E-state index contributed by atoms with van der Waals surface area (Å²) in [7, 11) is -4.34. The van der Waals surface area contributed by atoms with Crippen molar-refractivity contribution in [2.75, 3.05) is 18.7 Å². The molecule has 0 saturated carbocycles. The van der Waals surface area contributed by atoms with Crippen LogP contribution in [0.25, 0.3) is 11.2 Å². The highest BCUT2D eigenvalue weighted by Gasteiger charge is 2.47. The van der Waals surface area contributed by atoms with Crippen molar-refractivity contribution in [3.63, 3.8) is 0 Å². The van der Waals surface area contributed by atoms with Gasteiger partial charge < -0.3 is 19.8 Å². The monoisotopic (exact) mass is 596 g/mol. The van der Waals surface area contributed by atoms with Crippen LogP contribution in [0.4, 0.5) is 19.0 Å². The SMILES string of the molecule is CCCOC(=O)C(C)(C)NP(=O)(CO[C@@H](C)Cn1cnc2c(N)ncnc21)N[C@H](c1ccc(C#N)cc1)C(F)(F)F. The second-order valence-corrected chi connectivity index (χ2v) is 12.1. The third kappa shape index (κ3) is 8.23. The number of fused-ring (bicyclic) bond motifs is 1. The van der Waals surface area contributed by atoms with E-state index in [1.54, 1.807) is 18.4 Å². The van der Waals surface area contributed by atoms with E-state index in [4.69, 9.17) is 20.5 Å². The lowest BCUT2D eigenvalue weighted by Gasteiger charge is -2.34. The van der Waals surface area contributed by atoms with E-state index in [0.29, 0.717) is 17.6 Å². The van der Waals surface area contributed by atoms with Crippen LogP contribution in [0, 0.1) is 11.3 Å². The van der Waals surface area contributed by atoms with Crippen LogP contribution >= 0.6 is 7.44 Å². The maximum Gasteiger partial charge on any atom is 0.408 e. The van der Waals surface area contributed by atoms with E-state index in [1.165, 1.54) is 38.6 Å². The number of nitrogens with two attached hydrogens (primary N) is 1. The van der Waals surface area contributed by atoms with Gasteiger partial charge >= 0.3 is 12.1 Å². The average molecular weight is 597 g/mol. The number of ether oxygens (including phenoxy) is 2. The highest BCUT2D eigenvalue weighted by Crippen LogP contribution is 2.46. The Morgan fingerprint density at radius 1 is 1.22 bits per heavy atom. The minimum absolute atomic E-state index is 0.0819. The molecular weight excluding hydrogens is 564 g/mol. The lowest BCUT2D eigenvalue weighted by atomic mass is 10.1. The summed E-state index contributed by atoms with van der Waals surface area (Å²) in [6.07, 6.45) is -3.04. The molecule has 1 aromatic carbocycles. The number of anilines is 1. The van der Waals surface area contributed by atoms with Crippen LogP contribution in [0.5, 0.6) is 0 Å². The molecule has 2 aromatic heterocycles. The number of esters is 1. The highest BCUT2D eigenvalue weighted by atomic mass is 31.2. The van der Waals surface area contributed by atoms with Crippen molar-refractivity contribution in [2.45, 2.75) is 64.5 Å². The van der Waals surface area contributed by atoms with Gasteiger partial charge in [0.15, 0.2) is 11.5 Å². The molecule has 0 spiro atoms. The molecule has 41 heavy (non-hydrogen) atoms. The fourth-order valence-electron chi connectivity index (χ4n) is 3.86. The highest BCUT2D eigenvalue weighted by molar-refractivity contribution is 7.59. The number of aromatic nitrogens is 4. The van der Waals surface area contributed by atoms with Gasteiger partial charge in [-0.1, -0.05) is 19.1 Å². The second-order valence-electron chi connectivity index (χ2n) is 9.88. The van der Waals surface area contributed by atoms with Gasteiger partial charge in [-0.15, -0.1) is 0 Å². The molecule has 0 bridgehead atoms. The Morgan fingerprint density at radius 2 is 1.90 bits per heavy atom. The Hall–Kier alpha value is -3.57. The molecule has 3 rings (SSSR count). The van der Waals surface area contributed by atoms with Crippen molar-refractivity contribution >= 4 is 30.4 Å². The molecule has 0 aliphatic heterocycles. The molecule has 222 valence electrons. The standard InChI is InChI=1S/C25H32F3N8O4P/c1-5-10-39-23(37)24(3,4)35-41(38,34-20(25(26,27)28)18-8-6-17(11-29)7-9-18)15-40-16(2)12-36-14-33-19-21(30)31-13-32-22(19)36/h6-9,13-14,16,20H,5,10,12,15H2,1-4H3,(H2,30,31,32)(H2,34,35,38)/t16-,20+,41?/m0/s1. The summed E-state index contributed by atoms with van der Waals surface area (Å²) in [4.78, 5) is 24.9. The van der Waals surface area contributed by atoms with E-state index >= 15 is 0 Å². The number of nitrogens with one attached hydrogen (secondary N) is 2. The second kappa shape index (κ2) is 12.9. The molecule has 4 N–H and O–H groups in total. The van der Waals surface area contributed by atoms with Crippen molar-refractivity contribution in [3.05, 3.63) is 48.0 Å². The van der Waals surface area contributed by atoms with Crippen LogP contribution < -0.4 is 15.9 Å². The quantitative estimate of drug-likeness (QED) is 0.192. The largest absolute Gasteiger partial charge is 0.464 e. The molecule has 2 heterocycles. The number of nitrogens with zero attached hydrogens (tertiary/aromatic N) is 5. The van der Waals surface area contributed by atoms with Gasteiger partial charge in [-0.2, -0.15) is 18.4 Å². The number of rotatable bonds is 13.